The summed E-state index contributed by atoms with van der Waals surface area (Å²) in [6.07, 6.45) is 2.13. The molecule has 0 bridgehead atoms. The van der Waals surface area contributed by atoms with E-state index in [4.69, 9.17) is 17.3 Å². The topological polar surface area (TPSA) is 84.1 Å². The molecule has 1 aliphatic carbocycles. The SMILES string of the molecule is Cc1cc(Cl)ccc1-c1nc(N)nc2c1CN(C(=O)NC1CC1)C2. The number of carbonyl (C=O) groups excluding carboxylic acids is 1. The molecule has 1 aliphatic heterocycles. The van der Waals surface area contributed by atoms with Gasteiger partial charge in [-0.3, -0.25) is 0 Å². The highest BCUT2D eigenvalue weighted by molar-refractivity contribution is 6.30. The molecule has 24 heavy (non-hydrogen) atoms. The minimum atomic E-state index is -0.0483. The van der Waals surface area contributed by atoms with Crippen molar-refractivity contribution in [3.8, 4) is 11.3 Å². The molecule has 0 spiro atoms. The lowest BCUT2D eigenvalue weighted by Crippen LogP contribution is -2.37. The smallest absolute Gasteiger partial charge is 0.318 e. The monoisotopic (exact) mass is 343 g/mol. The van der Waals surface area contributed by atoms with Crippen LogP contribution in [0.2, 0.25) is 5.02 Å². The van der Waals surface area contributed by atoms with Crippen LogP contribution in [0.15, 0.2) is 18.2 Å². The number of nitrogen functional groups attached to an aromatic ring is 1. The molecule has 1 aromatic carbocycles. The lowest BCUT2D eigenvalue weighted by atomic mass is 10.0. The van der Waals surface area contributed by atoms with Crippen molar-refractivity contribution in [2.24, 2.45) is 0 Å². The molecule has 4 rings (SSSR count). The van der Waals surface area contributed by atoms with Crippen molar-refractivity contribution in [1.29, 1.82) is 0 Å². The average molecular weight is 344 g/mol. The van der Waals surface area contributed by atoms with Crippen molar-refractivity contribution in [2.75, 3.05) is 5.73 Å². The first-order valence-corrected chi connectivity index (χ1v) is 8.36. The highest BCUT2D eigenvalue weighted by Crippen LogP contribution is 2.33. The van der Waals surface area contributed by atoms with Crippen LogP contribution in [0.1, 0.15) is 29.7 Å². The van der Waals surface area contributed by atoms with E-state index in [1.54, 1.807) is 4.90 Å². The van der Waals surface area contributed by atoms with Crippen LogP contribution in [0.4, 0.5) is 10.7 Å². The first kappa shape index (κ1) is 15.2. The molecule has 0 atom stereocenters. The van der Waals surface area contributed by atoms with E-state index < -0.39 is 0 Å². The summed E-state index contributed by atoms with van der Waals surface area (Å²) in [6.45, 7) is 2.93. The van der Waals surface area contributed by atoms with E-state index in [0.717, 1.165) is 40.9 Å². The highest BCUT2D eigenvalue weighted by atomic mass is 35.5. The van der Waals surface area contributed by atoms with Crippen LogP contribution in [-0.2, 0) is 13.1 Å². The molecule has 6 nitrogen and oxygen atoms in total. The van der Waals surface area contributed by atoms with Crippen molar-refractivity contribution < 1.29 is 4.79 Å². The van der Waals surface area contributed by atoms with E-state index in [1.807, 2.05) is 25.1 Å². The number of aromatic nitrogens is 2. The molecule has 2 heterocycles. The van der Waals surface area contributed by atoms with E-state index >= 15 is 0 Å². The summed E-state index contributed by atoms with van der Waals surface area (Å²) in [5, 5.41) is 3.69. The molecule has 124 valence electrons. The van der Waals surface area contributed by atoms with Crippen molar-refractivity contribution >= 4 is 23.6 Å². The summed E-state index contributed by atoms with van der Waals surface area (Å²) >= 11 is 6.05. The molecule has 7 heteroatoms. The first-order valence-electron chi connectivity index (χ1n) is 7.98. The zero-order chi connectivity index (χ0) is 16.8. The Bertz CT molecular complexity index is 834. The fourth-order valence-electron chi connectivity index (χ4n) is 3.03. The predicted octanol–water partition coefficient (Wildman–Crippen LogP) is 2.88. The molecule has 2 aromatic rings. The molecule has 0 radical (unpaired) electrons. The molecular weight excluding hydrogens is 326 g/mol. The largest absolute Gasteiger partial charge is 0.368 e. The third-order valence-electron chi connectivity index (χ3n) is 4.44. The number of halogens is 1. The second kappa shape index (κ2) is 5.63. The van der Waals surface area contributed by atoms with Gasteiger partial charge in [0.05, 0.1) is 24.5 Å². The lowest BCUT2D eigenvalue weighted by Gasteiger charge is -2.16. The molecule has 1 aromatic heterocycles. The second-order valence-corrected chi connectivity index (χ2v) is 6.83. The van der Waals surface area contributed by atoms with Gasteiger partial charge in [-0.25, -0.2) is 14.8 Å². The first-order chi connectivity index (χ1) is 11.5. The summed E-state index contributed by atoms with van der Waals surface area (Å²) in [5.41, 5.74) is 10.4. The number of urea groups is 1. The van der Waals surface area contributed by atoms with E-state index in [-0.39, 0.29) is 12.0 Å². The summed E-state index contributed by atoms with van der Waals surface area (Å²) < 4.78 is 0. The Morgan fingerprint density at radius 1 is 1.33 bits per heavy atom. The molecular formula is C17H18ClN5O. The number of carbonyl (C=O) groups is 1. The van der Waals surface area contributed by atoms with Gasteiger partial charge in [0.15, 0.2) is 0 Å². The van der Waals surface area contributed by atoms with Crippen LogP contribution in [0.3, 0.4) is 0 Å². The molecule has 1 saturated carbocycles. The summed E-state index contributed by atoms with van der Waals surface area (Å²) in [5.74, 6) is 0.225. The Balaban J connectivity index is 1.70. The van der Waals surface area contributed by atoms with Gasteiger partial charge in [0.2, 0.25) is 5.95 Å². The van der Waals surface area contributed by atoms with Crippen molar-refractivity contribution in [3.05, 3.63) is 40.0 Å². The van der Waals surface area contributed by atoms with E-state index in [9.17, 15) is 4.79 Å². The van der Waals surface area contributed by atoms with Crippen LogP contribution >= 0.6 is 11.6 Å². The molecule has 1 fully saturated rings. The number of aryl methyl sites for hydroxylation is 1. The van der Waals surface area contributed by atoms with Crippen molar-refractivity contribution in [1.82, 2.24) is 20.2 Å². The maximum absolute atomic E-state index is 12.3. The van der Waals surface area contributed by atoms with Crippen LogP contribution in [0.25, 0.3) is 11.3 Å². The van der Waals surface area contributed by atoms with Crippen LogP contribution < -0.4 is 11.1 Å². The molecule has 0 saturated heterocycles. The summed E-state index contributed by atoms with van der Waals surface area (Å²) in [7, 11) is 0. The number of benzene rings is 1. The maximum atomic E-state index is 12.3. The molecule has 2 amide bonds. The fourth-order valence-corrected chi connectivity index (χ4v) is 3.25. The van der Waals surface area contributed by atoms with E-state index in [1.165, 1.54) is 0 Å². The van der Waals surface area contributed by atoms with Gasteiger partial charge >= 0.3 is 6.03 Å². The Hall–Kier alpha value is -2.34. The number of nitrogens with two attached hydrogens (primary N) is 1. The number of rotatable bonds is 2. The normalized spacial score (nSPS) is 16.2. The van der Waals surface area contributed by atoms with Crippen molar-refractivity contribution in [3.63, 3.8) is 0 Å². The van der Waals surface area contributed by atoms with Crippen LogP contribution in [0.5, 0.6) is 0 Å². The van der Waals surface area contributed by atoms with Gasteiger partial charge < -0.3 is 16.0 Å². The Morgan fingerprint density at radius 3 is 2.83 bits per heavy atom. The van der Waals surface area contributed by atoms with Crippen LogP contribution in [0, 0.1) is 6.92 Å². The molecule has 3 N–H and O–H groups in total. The fraction of sp³-hybridized carbons (Fsp3) is 0.353. The van der Waals surface area contributed by atoms with Gasteiger partial charge in [-0.1, -0.05) is 17.7 Å². The van der Waals surface area contributed by atoms with E-state index in [0.29, 0.717) is 24.2 Å². The minimum Gasteiger partial charge on any atom is -0.368 e. The van der Waals surface area contributed by atoms with Gasteiger partial charge in [0.25, 0.3) is 0 Å². The quantitative estimate of drug-likeness (QED) is 0.878. The number of anilines is 1. The number of hydrogen-bond acceptors (Lipinski definition) is 4. The van der Waals surface area contributed by atoms with Gasteiger partial charge in [-0.2, -0.15) is 0 Å². The standard InChI is InChI=1S/C17H18ClN5O/c1-9-6-10(18)2-5-12(9)15-13-7-23(17(24)20-11-3-4-11)8-14(13)21-16(19)22-15/h2,5-6,11H,3-4,7-8H2,1H3,(H,20,24)(H2,19,21,22). The number of fused-ring (bicyclic) bond motifs is 1. The van der Waals surface area contributed by atoms with Gasteiger partial charge in [0, 0.05) is 22.2 Å². The zero-order valence-electron chi connectivity index (χ0n) is 13.3. The number of nitrogens with zero attached hydrogens (tertiary/aromatic N) is 3. The molecule has 2 aliphatic rings. The Morgan fingerprint density at radius 2 is 2.12 bits per heavy atom. The third-order valence-corrected chi connectivity index (χ3v) is 4.67. The van der Waals surface area contributed by atoms with Gasteiger partial charge in [-0.05, 0) is 37.5 Å². The van der Waals surface area contributed by atoms with Gasteiger partial charge in [0.1, 0.15) is 0 Å². The second-order valence-electron chi connectivity index (χ2n) is 6.39. The summed E-state index contributed by atoms with van der Waals surface area (Å²) in [6, 6.07) is 5.95. The third kappa shape index (κ3) is 2.78. The maximum Gasteiger partial charge on any atom is 0.318 e. The number of amides is 2. The summed E-state index contributed by atoms with van der Waals surface area (Å²) in [4.78, 5) is 22.9. The number of hydrogen-bond donors (Lipinski definition) is 2. The highest BCUT2D eigenvalue weighted by Gasteiger charge is 2.32. The van der Waals surface area contributed by atoms with Crippen molar-refractivity contribution in [2.45, 2.75) is 38.9 Å². The Kier molecular flexibility index (Phi) is 3.57. The molecule has 0 unspecified atom stereocenters. The van der Waals surface area contributed by atoms with Gasteiger partial charge in [-0.15, -0.1) is 0 Å². The average Bonchev–Trinajstić information content (AvgIpc) is 3.22. The lowest BCUT2D eigenvalue weighted by molar-refractivity contribution is 0.197. The Labute approximate surface area is 145 Å². The minimum absolute atomic E-state index is 0.0483. The number of nitrogens with one attached hydrogen (secondary N) is 1. The van der Waals surface area contributed by atoms with Crippen LogP contribution in [-0.4, -0.2) is 26.9 Å². The predicted molar refractivity (Wildman–Crippen MR) is 92.4 cm³/mol. The zero-order valence-corrected chi connectivity index (χ0v) is 14.1. The van der Waals surface area contributed by atoms with E-state index in [2.05, 4.69) is 15.3 Å².